The fraction of sp³-hybridized carbons (Fsp3) is 0.0435. The molecule has 6 heteroatoms. The summed E-state index contributed by atoms with van der Waals surface area (Å²) in [5, 5.41) is 10.7. The highest BCUT2D eigenvalue weighted by atomic mass is 16.6. The first kappa shape index (κ1) is 19.7. The van der Waals surface area contributed by atoms with Crippen molar-refractivity contribution < 1.29 is 19.2 Å². The number of ether oxygens (including phenoxy) is 1. The van der Waals surface area contributed by atoms with Gasteiger partial charge in [0.15, 0.2) is 5.78 Å². The van der Waals surface area contributed by atoms with E-state index in [9.17, 15) is 19.7 Å². The predicted molar refractivity (Wildman–Crippen MR) is 109 cm³/mol. The third-order valence-electron chi connectivity index (χ3n) is 4.15. The molecule has 0 N–H and O–H groups in total. The SMILES string of the molecule is Cc1ccc(C(=O)/C=C/c2cccc(OC(=O)c3ccc([N+](=O)[O-])cc3)c2)cc1. The molecule has 0 fully saturated rings. The fourth-order valence-electron chi connectivity index (χ4n) is 2.55. The van der Waals surface area contributed by atoms with Gasteiger partial charge in [0.25, 0.3) is 5.69 Å². The maximum atomic E-state index is 12.2. The zero-order valence-corrected chi connectivity index (χ0v) is 15.6. The van der Waals surface area contributed by atoms with Gasteiger partial charge in [-0.15, -0.1) is 0 Å². The van der Waals surface area contributed by atoms with Crippen molar-refractivity contribution in [3.8, 4) is 5.75 Å². The van der Waals surface area contributed by atoms with Crippen LogP contribution in [0.2, 0.25) is 0 Å². The van der Waals surface area contributed by atoms with Gasteiger partial charge in [0.2, 0.25) is 0 Å². The number of aryl methyl sites for hydroxylation is 1. The Morgan fingerprint density at radius 3 is 2.24 bits per heavy atom. The van der Waals surface area contributed by atoms with E-state index in [2.05, 4.69) is 0 Å². The molecule has 29 heavy (non-hydrogen) atoms. The van der Waals surface area contributed by atoms with Crippen LogP contribution in [0.3, 0.4) is 0 Å². The molecule has 0 atom stereocenters. The van der Waals surface area contributed by atoms with E-state index < -0.39 is 10.9 Å². The number of carbonyl (C=O) groups excluding carboxylic acids is 2. The molecule has 0 heterocycles. The Kier molecular flexibility index (Phi) is 5.94. The molecule has 0 amide bonds. The summed E-state index contributed by atoms with van der Waals surface area (Å²) in [7, 11) is 0. The highest BCUT2D eigenvalue weighted by molar-refractivity contribution is 6.06. The molecule has 0 aliphatic heterocycles. The van der Waals surface area contributed by atoms with Crippen molar-refractivity contribution in [1.29, 1.82) is 0 Å². The summed E-state index contributed by atoms with van der Waals surface area (Å²) in [6, 6.07) is 19.2. The Bertz CT molecular complexity index is 1080. The molecule has 0 saturated carbocycles. The average Bonchev–Trinajstić information content (AvgIpc) is 2.73. The minimum absolute atomic E-state index is 0.105. The summed E-state index contributed by atoms with van der Waals surface area (Å²) in [6.45, 7) is 1.95. The summed E-state index contributed by atoms with van der Waals surface area (Å²) >= 11 is 0. The second-order valence-electron chi connectivity index (χ2n) is 6.33. The number of rotatable bonds is 6. The van der Waals surface area contributed by atoms with Crippen LogP contribution in [0.25, 0.3) is 6.08 Å². The van der Waals surface area contributed by atoms with Crippen molar-refractivity contribution in [3.63, 3.8) is 0 Å². The quantitative estimate of drug-likeness (QED) is 0.148. The number of ketones is 1. The predicted octanol–water partition coefficient (Wildman–Crippen LogP) is 5.02. The lowest BCUT2D eigenvalue weighted by Gasteiger charge is -2.05. The number of nitro groups is 1. The second kappa shape index (κ2) is 8.75. The fourth-order valence-corrected chi connectivity index (χ4v) is 2.55. The Hall–Kier alpha value is -4.06. The molecule has 0 saturated heterocycles. The molecule has 6 nitrogen and oxygen atoms in total. The van der Waals surface area contributed by atoms with E-state index in [1.54, 1.807) is 42.5 Å². The van der Waals surface area contributed by atoms with Gasteiger partial charge in [-0.1, -0.05) is 48.0 Å². The molecule has 0 aliphatic carbocycles. The number of nitrogens with zero attached hydrogens (tertiary/aromatic N) is 1. The molecule has 0 spiro atoms. The van der Waals surface area contributed by atoms with Gasteiger partial charge >= 0.3 is 5.97 Å². The number of hydrogen-bond donors (Lipinski definition) is 0. The lowest BCUT2D eigenvalue weighted by molar-refractivity contribution is -0.384. The highest BCUT2D eigenvalue weighted by Gasteiger charge is 2.11. The number of benzene rings is 3. The van der Waals surface area contributed by atoms with Crippen molar-refractivity contribution in [2.24, 2.45) is 0 Å². The van der Waals surface area contributed by atoms with Crippen molar-refractivity contribution in [3.05, 3.63) is 111 Å². The maximum absolute atomic E-state index is 12.2. The molecule has 0 radical (unpaired) electrons. The van der Waals surface area contributed by atoms with Gasteiger partial charge in [-0.05, 0) is 42.8 Å². The van der Waals surface area contributed by atoms with Gasteiger partial charge in [0, 0.05) is 17.7 Å². The van der Waals surface area contributed by atoms with Gasteiger partial charge in [-0.3, -0.25) is 14.9 Å². The van der Waals surface area contributed by atoms with Crippen LogP contribution in [0.5, 0.6) is 5.75 Å². The third-order valence-corrected chi connectivity index (χ3v) is 4.15. The minimum Gasteiger partial charge on any atom is -0.423 e. The zero-order valence-electron chi connectivity index (χ0n) is 15.6. The van der Waals surface area contributed by atoms with Crippen LogP contribution in [-0.4, -0.2) is 16.7 Å². The van der Waals surface area contributed by atoms with Crippen LogP contribution in [0.4, 0.5) is 5.69 Å². The van der Waals surface area contributed by atoms with E-state index in [0.717, 1.165) is 5.56 Å². The van der Waals surface area contributed by atoms with Crippen molar-refractivity contribution in [2.75, 3.05) is 0 Å². The Morgan fingerprint density at radius 2 is 1.59 bits per heavy atom. The largest absolute Gasteiger partial charge is 0.423 e. The average molecular weight is 387 g/mol. The standard InChI is InChI=1S/C23H17NO5/c1-16-5-8-18(9-6-16)22(25)14-7-17-3-2-4-21(15-17)29-23(26)19-10-12-20(13-11-19)24(27)28/h2-15H,1H3/b14-7+. The van der Waals surface area contributed by atoms with E-state index in [1.807, 2.05) is 19.1 Å². The van der Waals surface area contributed by atoms with Crippen LogP contribution in [0, 0.1) is 17.0 Å². The normalized spacial score (nSPS) is 10.7. The summed E-state index contributed by atoms with van der Waals surface area (Å²) in [4.78, 5) is 34.6. The van der Waals surface area contributed by atoms with Gasteiger partial charge in [-0.25, -0.2) is 4.79 Å². The summed E-state index contributed by atoms with van der Waals surface area (Å²) in [5.41, 5.74) is 2.46. The lowest BCUT2D eigenvalue weighted by atomic mass is 10.1. The minimum atomic E-state index is -0.628. The van der Waals surface area contributed by atoms with Crippen molar-refractivity contribution >= 4 is 23.5 Å². The second-order valence-corrected chi connectivity index (χ2v) is 6.33. The molecule has 0 aliphatic rings. The molecule has 3 rings (SSSR count). The van der Waals surface area contributed by atoms with E-state index in [1.165, 1.54) is 30.3 Å². The summed E-state index contributed by atoms with van der Waals surface area (Å²) < 4.78 is 5.32. The highest BCUT2D eigenvalue weighted by Crippen LogP contribution is 2.18. The number of esters is 1. The molecule has 0 bridgehead atoms. The number of nitro benzene ring substituents is 1. The Labute approximate surface area is 167 Å². The summed E-state index contributed by atoms with van der Waals surface area (Å²) in [5.74, 6) is -0.451. The van der Waals surface area contributed by atoms with Gasteiger partial charge in [0.1, 0.15) is 5.75 Å². The van der Waals surface area contributed by atoms with E-state index in [-0.39, 0.29) is 17.0 Å². The van der Waals surface area contributed by atoms with E-state index in [0.29, 0.717) is 16.9 Å². The number of hydrogen-bond acceptors (Lipinski definition) is 5. The van der Waals surface area contributed by atoms with Crippen LogP contribution >= 0.6 is 0 Å². The maximum Gasteiger partial charge on any atom is 0.343 e. The molecular weight excluding hydrogens is 370 g/mol. The van der Waals surface area contributed by atoms with E-state index >= 15 is 0 Å². The van der Waals surface area contributed by atoms with Crippen molar-refractivity contribution in [1.82, 2.24) is 0 Å². The molecule has 3 aromatic carbocycles. The Morgan fingerprint density at radius 1 is 0.931 bits per heavy atom. The first-order valence-electron chi connectivity index (χ1n) is 8.78. The topological polar surface area (TPSA) is 86.5 Å². The monoisotopic (exact) mass is 387 g/mol. The molecule has 3 aromatic rings. The number of non-ortho nitro benzene ring substituents is 1. The molecule has 0 aromatic heterocycles. The first-order valence-corrected chi connectivity index (χ1v) is 8.78. The number of carbonyl (C=O) groups is 2. The molecular formula is C23H17NO5. The van der Waals surface area contributed by atoms with Crippen LogP contribution in [0.15, 0.2) is 78.9 Å². The smallest absolute Gasteiger partial charge is 0.343 e. The summed E-state index contributed by atoms with van der Waals surface area (Å²) in [6.07, 6.45) is 3.10. The first-order chi connectivity index (χ1) is 13.9. The number of allylic oxidation sites excluding steroid dienone is 1. The van der Waals surface area contributed by atoms with Crippen molar-refractivity contribution in [2.45, 2.75) is 6.92 Å². The van der Waals surface area contributed by atoms with E-state index in [4.69, 9.17) is 4.74 Å². The van der Waals surface area contributed by atoms with Crippen LogP contribution < -0.4 is 4.74 Å². The lowest BCUT2D eigenvalue weighted by Crippen LogP contribution is -2.08. The Balaban J connectivity index is 1.68. The van der Waals surface area contributed by atoms with Gasteiger partial charge < -0.3 is 4.74 Å². The zero-order chi connectivity index (χ0) is 20.8. The van der Waals surface area contributed by atoms with Gasteiger partial charge in [0.05, 0.1) is 10.5 Å². The molecule has 144 valence electrons. The van der Waals surface area contributed by atoms with Crippen LogP contribution in [-0.2, 0) is 0 Å². The van der Waals surface area contributed by atoms with Crippen LogP contribution in [0.1, 0.15) is 31.8 Å². The third kappa shape index (κ3) is 5.23. The van der Waals surface area contributed by atoms with Gasteiger partial charge in [-0.2, -0.15) is 0 Å². The molecule has 0 unspecified atom stereocenters.